The van der Waals surface area contributed by atoms with Gasteiger partial charge in [-0.1, -0.05) is 12.8 Å². The fourth-order valence-corrected chi connectivity index (χ4v) is 4.58. The Bertz CT molecular complexity index is 286. The molecular formula is C18H36ClN3. The molecule has 0 aliphatic carbocycles. The Kier molecular flexibility index (Phi) is 8.52. The van der Waals surface area contributed by atoms with E-state index in [9.17, 15) is 0 Å². The fourth-order valence-electron chi connectivity index (χ4n) is 4.58. The maximum Gasteiger partial charge on any atom is 0.00220 e. The van der Waals surface area contributed by atoms with Gasteiger partial charge in [0.05, 0.1) is 0 Å². The number of nitrogens with zero attached hydrogens (tertiary/aromatic N) is 2. The van der Waals surface area contributed by atoms with Crippen LogP contribution in [0.4, 0.5) is 0 Å². The molecule has 0 aromatic rings. The van der Waals surface area contributed by atoms with Gasteiger partial charge in [0.25, 0.3) is 0 Å². The van der Waals surface area contributed by atoms with Crippen LogP contribution in [-0.2, 0) is 0 Å². The Morgan fingerprint density at radius 1 is 0.682 bits per heavy atom. The first kappa shape index (κ1) is 18.5. The number of hydrogen-bond acceptors (Lipinski definition) is 3. The van der Waals surface area contributed by atoms with Crippen molar-refractivity contribution in [3.05, 3.63) is 0 Å². The molecule has 3 nitrogen and oxygen atoms in total. The van der Waals surface area contributed by atoms with Crippen LogP contribution in [0.1, 0.15) is 51.4 Å². The SMILES string of the molecule is C1CCCN(CC2CCCN(CC3CCNCC3)C2)CC1.Cl. The van der Waals surface area contributed by atoms with Crippen molar-refractivity contribution in [1.82, 2.24) is 15.1 Å². The molecular weight excluding hydrogens is 294 g/mol. The summed E-state index contributed by atoms with van der Waals surface area (Å²) in [6.45, 7) is 10.7. The minimum absolute atomic E-state index is 0. The summed E-state index contributed by atoms with van der Waals surface area (Å²) in [5.74, 6) is 1.90. The molecule has 0 amide bonds. The van der Waals surface area contributed by atoms with Gasteiger partial charge in [-0.25, -0.2) is 0 Å². The molecule has 3 rings (SSSR count). The molecule has 0 radical (unpaired) electrons. The predicted octanol–water partition coefficient (Wildman–Crippen LogP) is 3.00. The van der Waals surface area contributed by atoms with Gasteiger partial charge in [-0.15, -0.1) is 12.4 Å². The highest BCUT2D eigenvalue weighted by atomic mass is 35.5. The van der Waals surface area contributed by atoms with Crippen molar-refractivity contribution in [2.75, 3.05) is 52.4 Å². The third-order valence-electron chi connectivity index (χ3n) is 5.79. The first-order chi connectivity index (χ1) is 10.4. The molecule has 0 bridgehead atoms. The molecule has 1 N–H and O–H groups in total. The number of halogens is 1. The van der Waals surface area contributed by atoms with Crippen molar-refractivity contribution in [2.45, 2.75) is 51.4 Å². The molecule has 3 heterocycles. The second-order valence-electron chi connectivity index (χ2n) is 7.68. The normalized spacial score (nSPS) is 29.7. The van der Waals surface area contributed by atoms with Gasteiger partial charge in [0.15, 0.2) is 0 Å². The summed E-state index contributed by atoms with van der Waals surface area (Å²) in [5.41, 5.74) is 0. The third kappa shape index (κ3) is 5.99. The van der Waals surface area contributed by atoms with Gasteiger partial charge in [-0.2, -0.15) is 0 Å². The lowest BCUT2D eigenvalue weighted by Gasteiger charge is -2.38. The predicted molar refractivity (Wildman–Crippen MR) is 96.9 cm³/mol. The van der Waals surface area contributed by atoms with Gasteiger partial charge in [-0.05, 0) is 83.1 Å². The summed E-state index contributed by atoms with van der Waals surface area (Å²) in [5, 5.41) is 3.50. The largest absolute Gasteiger partial charge is 0.317 e. The maximum absolute atomic E-state index is 3.50. The van der Waals surface area contributed by atoms with Gasteiger partial charge in [0.2, 0.25) is 0 Å². The van der Waals surface area contributed by atoms with E-state index < -0.39 is 0 Å². The molecule has 1 atom stereocenters. The Morgan fingerprint density at radius 2 is 1.32 bits per heavy atom. The van der Waals surface area contributed by atoms with Gasteiger partial charge in [-0.3, -0.25) is 0 Å². The highest BCUT2D eigenvalue weighted by Crippen LogP contribution is 2.22. The highest BCUT2D eigenvalue weighted by molar-refractivity contribution is 5.85. The zero-order chi connectivity index (χ0) is 14.3. The lowest BCUT2D eigenvalue weighted by molar-refractivity contribution is 0.113. The van der Waals surface area contributed by atoms with Crippen LogP contribution in [0.25, 0.3) is 0 Å². The number of likely N-dealkylation sites (tertiary alicyclic amines) is 2. The van der Waals surface area contributed by atoms with Crippen LogP contribution in [0.3, 0.4) is 0 Å². The van der Waals surface area contributed by atoms with Crippen molar-refractivity contribution in [3.8, 4) is 0 Å². The molecule has 0 saturated carbocycles. The molecule has 3 aliphatic heterocycles. The van der Waals surface area contributed by atoms with E-state index in [2.05, 4.69) is 15.1 Å². The number of piperidine rings is 2. The summed E-state index contributed by atoms with van der Waals surface area (Å²) >= 11 is 0. The van der Waals surface area contributed by atoms with E-state index in [0.717, 1.165) is 11.8 Å². The molecule has 0 spiro atoms. The van der Waals surface area contributed by atoms with E-state index in [4.69, 9.17) is 0 Å². The lowest BCUT2D eigenvalue weighted by Crippen LogP contribution is -2.44. The molecule has 0 aromatic carbocycles. The second kappa shape index (κ2) is 10.1. The Labute approximate surface area is 143 Å². The Hall–Kier alpha value is 0.170. The summed E-state index contributed by atoms with van der Waals surface area (Å²) < 4.78 is 0. The molecule has 3 aliphatic rings. The van der Waals surface area contributed by atoms with E-state index in [-0.39, 0.29) is 12.4 Å². The Morgan fingerprint density at radius 3 is 2.05 bits per heavy atom. The second-order valence-corrected chi connectivity index (χ2v) is 7.68. The third-order valence-corrected chi connectivity index (χ3v) is 5.79. The average Bonchev–Trinajstić information content (AvgIpc) is 2.77. The zero-order valence-electron chi connectivity index (χ0n) is 14.3. The van der Waals surface area contributed by atoms with E-state index in [1.165, 1.54) is 104 Å². The number of nitrogens with one attached hydrogen (secondary N) is 1. The average molecular weight is 330 g/mol. The van der Waals surface area contributed by atoms with Gasteiger partial charge in [0.1, 0.15) is 0 Å². The van der Waals surface area contributed by atoms with Gasteiger partial charge in [0, 0.05) is 19.6 Å². The van der Waals surface area contributed by atoms with Crippen molar-refractivity contribution in [2.24, 2.45) is 11.8 Å². The van der Waals surface area contributed by atoms with Crippen molar-refractivity contribution in [3.63, 3.8) is 0 Å². The van der Waals surface area contributed by atoms with Crippen LogP contribution in [0, 0.1) is 11.8 Å². The van der Waals surface area contributed by atoms with Crippen LogP contribution in [-0.4, -0.2) is 62.2 Å². The van der Waals surface area contributed by atoms with E-state index in [0.29, 0.717) is 0 Å². The van der Waals surface area contributed by atoms with Crippen LogP contribution in [0.2, 0.25) is 0 Å². The van der Waals surface area contributed by atoms with Crippen LogP contribution in [0.15, 0.2) is 0 Å². The first-order valence-corrected chi connectivity index (χ1v) is 9.55. The zero-order valence-corrected chi connectivity index (χ0v) is 15.1. The summed E-state index contributed by atoms with van der Waals surface area (Å²) in [6.07, 6.45) is 11.5. The Balaban J connectivity index is 0.00000176. The van der Waals surface area contributed by atoms with Crippen molar-refractivity contribution < 1.29 is 0 Å². The first-order valence-electron chi connectivity index (χ1n) is 9.55. The smallest absolute Gasteiger partial charge is 0.00220 e. The topological polar surface area (TPSA) is 18.5 Å². The lowest BCUT2D eigenvalue weighted by atomic mass is 9.93. The van der Waals surface area contributed by atoms with Crippen molar-refractivity contribution >= 4 is 12.4 Å². The quantitative estimate of drug-likeness (QED) is 0.855. The monoisotopic (exact) mass is 329 g/mol. The van der Waals surface area contributed by atoms with Crippen LogP contribution < -0.4 is 5.32 Å². The molecule has 130 valence electrons. The standard InChI is InChI=1S/C18H35N3.ClH/c1-2-4-12-20(11-3-1)15-18-6-5-13-21(16-18)14-17-7-9-19-10-8-17;/h17-19H,1-16H2;1H. The van der Waals surface area contributed by atoms with Gasteiger partial charge < -0.3 is 15.1 Å². The van der Waals surface area contributed by atoms with Gasteiger partial charge >= 0.3 is 0 Å². The molecule has 22 heavy (non-hydrogen) atoms. The summed E-state index contributed by atoms with van der Waals surface area (Å²) in [7, 11) is 0. The molecule has 4 heteroatoms. The number of hydrogen-bond donors (Lipinski definition) is 1. The minimum Gasteiger partial charge on any atom is -0.317 e. The molecule has 0 aromatic heterocycles. The molecule has 3 saturated heterocycles. The fraction of sp³-hybridized carbons (Fsp3) is 1.00. The van der Waals surface area contributed by atoms with E-state index >= 15 is 0 Å². The van der Waals surface area contributed by atoms with E-state index in [1.54, 1.807) is 0 Å². The summed E-state index contributed by atoms with van der Waals surface area (Å²) in [6, 6.07) is 0. The molecule has 3 fully saturated rings. The van der Waals surface area contributed by atoms with Crippen LogP contribution >= 0.6 is 12.4 Å². The highest BCUT2D eigenvalue weighted by Gasteiger charge is 2.24. The van der Waals surface area contributed by atoms with Crippen molar-refractivity contribution in [1.29, 1.82) is 0 Å². The van der Waals surface area contributed by atoms with E-state index in [1.807, 2.05) is 0 Å². The minimum atomic E-state index is 0. The molecule has 1 unspecified atom stereocenters. The summed E-state index contributed by atoms with van der Waals surface area (Å²) in [4.78, 5) is 5.56. The maximum atomic E-state index is 3.50. The van der Waals surface area contributed by atoms with Crippen LogP contribution in [0.5, 0.6) is 0 Å². The number of rotatable bonds is 4.